The Kier molecular flexibility index (Phi) is 10.7. The second-order valence-corrected chi connectivity index (χ2v) is 10.2. The summed E-state index contributed by atoms with van der Waals surface area (Å²) in [5.41, 5.74) is 0. The van der Waals surface area contributed by atoms with E-state index >= 15 is 0 Å². The number of thioether (sulfide) groups is 1. The molecule has 2 atom stereocenters. The number of rotatable bonds is 12. The molecule has 1 saturated carbocycles. The van der Waals surface area contributed by atoms with Gasteiger partial charge in [-0.05, 0) is 45.8 Å². The van der Waals surface area contributed by atoms with Gasteiger partial charge in [-0.3, -0.25) is 4.79 Å². The Labute approximate surface area is 147 Å². The lowest BCUT2D eigenvalue weighted by Gasteiger charge is -2.29. The standard InChI is InChI=1S/C17H34O4SSi/c1-5-19-23(20-6-2,21-7-3)14-10-13-22-15(4)16-11-8-9-12-17(16)18/h15-16H,5-14H2,1-4H3. The Morgan fingerprint density at radius 1 is 1.13 bits per heavy atom. The normalized spacial score (nSPS) is 20.7. The van der Waals surface area contributed by atoms with Gasteiger partial charge in [-0.25, -0.2) is 0 Å². The summed E-state index contributed by atoms with van der Waals surface area (Å²) in [5, 5.41) is 0.421. The van der Waals surface area contributed by atoms with Gasteiger partial charge in [0.25, 0.3) is 0 Å². The Bertz CT molecular complexity index is 324. The van der Waals surface area contributed by atoms with Gasteiger partial charge in [-0.15, -0.1) is 0 Å². The molecule has 6 heteroatoms. The van der Waals surface area contributed by atoms with Gasteiger partial charge in [0, 0.05) is 43.5 Å². The van der Waals surface area contributed by atoms with E-state index in [0.29, 0.717) is 30.9 Å². The molecule has 136 valence electrons. The Morgan fingerprint density at radius 2 is 1.74 bits per heavy atom. The lowest BCUT2D eigenvalue weighted by Crippen LogP contribution is -2.46. The first kappa shape index (κ1) is 21.2. The van der Waals surface area contributed by atoms with E-state index in [-0.39, 0.29) is 5.92 Å². The minimum absolute atomic E-state index is 0.265. The van der Waals surface area contributed by atoms with Crippen molar-refractivity contribution in [2.45, 2.75) is 71.1 Å². The summed E-state index contributed by atoms with van der Waals surface area (Å²) in [6.45, 7) is 10.1. The molecule has 23 heavy (non-hydrogen) atoms. The molecular weight excluding hydrogens is 328 g/mol. The van der Waals surface area contributed by atoms with Crippen LogP contribution in [0.3, 0.4) is 0 Å². The number of hydrogen-bond acceptors (Lipinski definition) is 5. The van der Waals surface area contributed by atoms with E-state index in [9.17, 15) is 4.79 Å². The minimum Gasteiger partial charge on any atom is -0.374 e. The van der Waals surface area contributed by atoms with E-state index in [1.54, 1.807) is 0 Å². The van der Waals surface area contributed by atoms with Gasteiger partial charge in [0.1, 0.15) is 5.78 Å². The molecule has 0 aliphatic heterocycles. The van der Waals surface area contributed by atoms with Crippen LogP contribution < -0.4 is 0 Å². The number of carbonyl (C=O) groups is 1. The van der Waals surface area contributed by atoms with E-state index in [1.807, 2.05) is 32.5 Å². The average molecular weight is 363 g/mol. The third-order valence-electron chi connectivity index (χ3n) is 4.27. The Hall–Kier alpha value is 0.117. The van der Waals surface area contributed by atoms with Crippen molar-refractivity contribution in [3.05, 3.63) is 0 Å². The first-order valence-corrected chi connectivity index (χ1v) is 12.1. The second-order valence-electron chi connectivity index (χ2n) is 5.98. The average Bonchev–Trinajstić information content (AvgIpc) is 2.52. The summed E-state index contributed by atoms with van der Waals surface area (Å²) in [7, 11) is -2.50. The number of carbonyl (C=O) groups excluding carboxylic acids is 1. The van der Waals surface area contributed by atoms with Gasteiger partial charge in [-0.1, -0.05) is 13.3 Å². The highest BCUT2D eigenvalue weighted by Gasteiger charge is 2.39. The third-order valence-corrected chi connectivity index (χ3v) is 8.80. The summed E-state index contributed by atoms with van der Waals surface area (Å²) in [6.07, 6.45) is 5.16. The van der Waals surface area contributed by atoms with Gasteiger partial charge in [0.15, 0.2) is 0 Å². The van der Waals surface area contributed by atoms with E-state index < -0.39 is 8.80 Å². The zero-order valence-electron chi connectivity index (χ0n) is 15.3. The van der Waals surface area contributed by atoms with Crippen molar-refractivity contribution < 1.29 is 18.1 Å². The Balaban J connectivity index is 2.38. The molecule has 0 spiro atoms. The van der Waals surface area contributed by atoms with E-state index in [0.717, 1.165) is 37.5 Å². The summed E-state index contributed by atoms with van der Waals surface area (Å²) in [6, 6.07) is 0.862. The Morgan fingerprint density at radius 3 is 2.26 bits per heavy atom. The smallest absolute Gasteiger partial charge is 0.374 e. The molecule has 1 rings (SSSR count). The molecule has 1 aliphatic carbocycles. The quantitative estimate of drug-likeness (QED) is 0.382. The number of ketones is 1. The lowest BCUT2D eigenvalue weighted by molar-refractivity contribution is -0.124. The second kappa shape index (κ2) is 11.6. The SMILES string of the molecule is CCO[Si](CCCSC(C)C1CCCCC1=O)(OCC)OCC. The molecule has 1 fully saturated rings. The van der Waals surface area contributed by atoms with Crippen molar-refractivity contribution in [1.29, 1.82) is 0 Å². The lowest BCUT2D eigenvalue weighted by atomic mass is 9.86. The first-order valence-electron chi connectivity index (χ1n) is 9.14. The first-order chi connectivity index (χ1) is 11.1. The van der Waals surface area contributed by atoms with Crippen molar-refractivity contribution in [2.75, 3.05) is 25.6 Å². The summed E-state index contributed by atoms with van der Waals surface area (Å²) < 4.78 is 17.6. The van der Waals surface area contributed by atoms with Crippen molar-refractivity contribution in [3.63, 3.8) is 0 Å². The van der Waals surface area contributed by atoms with Crippen LogP contribution in [0.4, 0.5) is 0 Å². The summed E-state index contributed by atoms with van der Waals surface area (Å²) >= 11 is 1.92. The van der Waals surface area contributed by atoms with Gasteiger partial charge in [0.05, 0.1) is 0 Å². The summed E-state index contributed by atoms with van der Waals surface area (Å²) in [4.78, 5) is 12.0. The molecule has 0 aromatic heterocycles. The van der Waals surface area contributed by atoms with E-state index in [2.05, 4.69) is 6.92 Å². The predicted octanol–water partition coefficient (Wildman–Crippen LogP) is 4.31. The fourth-order valence-corrected chi connectivity index (χ4v) is 7.25. The molecule has 0 heterocycles. The molecule has 0 bridgehead atoms. The third kappa shape index (κ3) is 7.26. The molecule has 0 N–H and O–H groups in total. The molecular formula is C17H34O4SSi. The van der Waals surface area contributed by atoms with Gasteiger partial charge in [-0.2, -0.15) is 11.8 Å². The van der Waals surface area contributed by atoms with Crippen molar-refractivity contribution in [1.82, 2.24) is 0 Å². The van der Waals surface area contributed by atoms with Crippen LogP contribution in [-0.4, -0.2) is 45.4 Å². The molecule has 2 unspecified atom stereocenters. The maximum Gasteiger partial charge on any atom is 0.500 e. The van der Waals surface area contributed by atoms with Crippen molar-refractivity contribution >= 4 is 26.3 Å². The van der Waals surface area contributed by atoms with Crippen LogP contribution in [-0.2, 0) is 18.1 Å². The predicted molar refractivity (Wildman–Crippen MR) is 98.9 cm³/mol. The number of hydrogen-bond donors (Lipinski definition) is 0. The highest BCUT2D eigenvalue weighted by molar-refractivity contribution is 7.99. The molecule has 0 aromatic carbocycles. The fraction of sp³-hybridized carbons (Fsp3) is 0.941. The highest BCUT2D eigenvalue weighted by atomic mass is 32.2. The molecule has 0 amide bonds. The van der Waals surface area contributed by atoms with Crippen LogP contribution in [0.1, 0.15) is 59.8 Å². The van der Waals surface area contributed by atoms with Crippen molar-refractivity contribution in [2.24, 2.45) is 5.92 Å². The van der Waals surface area contributed by atoms with Gasteiger partial charge in [0.2, 0.25) is 0 Å². The van der Waals surface area contributed by atoms with Crippen molar-refractivity contribution in [3.8, 4) is 0 Å². The maximum atomic E-state index is 12.0. The van der Waals surface area contributed by atoms with Crippen LogP contribution in [0, 0.1) is 5.92 Å². The van der Waals surface area contributed by atoms with Crippen LogP contribution in [0.15, 0.2) is 0 Å². The zero-order chi connectivity index (χ0) is 17.1. The molecule has 0 saturated heterocycles. The minimum atomic E-state index is -2.50. The number of Topliss-reactive ketones (excluding diaryl/α,β-unsaturated/α-hetero) is 1. The van der Waals surface area contributed by atoms with Crippen LogP contribution >= 0.6 is 11.8 Å². The van der Waals surface area contributed by atoms with Gasteiger partial charge < -0.3 is 13.3 Å². The highest BCUT2D eigenvalue weighted by Crippen LogP contribution is 2.31. The van der Waals surface area contributed by atoms with E-state index in [4.69, 9.17) is 13.3 Å². The molecule has 1 aliphatic rings. The molecule has 0 aromatic rings. The summed E-state index contributed by atoms with van der Waals surface area (Å²) in [5.74, 6) is 1.77. The largest absolute Gasteiger partial charge is 0.500 e. The fourth-order valence-electron chi connectivity index (χ4n) is 3.18. The molecule has 4 nitrogen and oxygen atoms in total. The van der Waals surface area contributed by atoms with Crippen LogP contribution in [0.5, 0.6) is 0 Å². The van der Waals surface area contributed by atoms with Crippen LogP contribution in [0.25, 0.3) is 0 Å². The maximum absolute atomic E-state index is 12.0. The van der Waals surface area contributed by atoms with Crippen LogP contribution in [0.2, 0.25) is 6.04 Å². The monoisotopic (exact) mass is 362 g/mol. The van der Waals surface area contributed by atoms with E-state index in [1.165, 1.54) is 6.42 Å². The molecule has 0 radical (unpaired) electrons. The van der Waals surface area contributed by atoms with Gasteiger partial charge >= 0.3 is 8.80 Å². The zero-order valence-corrected chi connectivity index (χ0v) is 17.1. The topological polar surface area (TPSA) is 44.8 Å².